The van der Waals surface area contributed by atoms with Crippen LogP contribution >= 0.6 is 0 Å². The van der Waals surface area contributed by atoms with E-state index in [0.717, 1.165) is 31.5 Å². The maximum Gasteiger partial charge on any atom is 0.253 e. The molecule has 2 aliphatic rings. The van der Waals surface area contributed by atoms with Gasteiger partial charge in [0.15, 0.2) is 0 Å². The van der Waals surface area contributed by atoms with Gasteiger partial charge in [-0.25, -0.2) is 0 Å². The molecule has 34 heavy (non-hydrogen) atoms. The first kappa shape index (κ1) is 23.3. The summed E-state index contributed by atoms with van der Waals surface area (Å²) < 4.78 is 0. The first-order chi connectivity index (χ1) is 16.2. The van der Waals surface area contributed by atoms with Crippen molar-refractivity contribution >= 4 is 46.4 Å². The quantitative estimate of drug-likeness (QED) is 0.710. The van der Waals surface area contributed by atoms with E-state index in [9.17, 15) is 19.2 Å². The molecular weight excluding hydrogens is 434 g/mol. The SMILES string of the molecule is CC(=O)Nc1ccc(NC(=O)CN2C(=O)C3CCCCN3c3ccc(C(=O)N(C)C)cc32)cc1. The van der Waals surface area contributed by atoms with Crippen LogP contribution in [0.2, 0.25) is 0 Å². The second-order valence-electron chi connectivity index (χ2n) is 8.84. The van der Waals surface area contributed by atoms with Crippen LogP contribution in [0.1, 0.15) is 36.5 Å². The van der Waals surface area contributed by atoms with E-state index in [2.05, 4.69) is 15.5 Å². The third-order valence-corrected chi connectivity index (χ3v) is 6.07. The Hall–Kier alpha value is -3.88. The number of carbonyl (C=O) groups excluding carboxylic acids is 4. The molecule has 0 radical (unpaired) electrons. The molecule has 2 heterocycles. The molecule has 0 spiro atoms. The second kappa shape index (κ2) is 9.54. The number of fused-ring (bicyclic) bond motifs is 3. The highest BCUT2D eigenvalue weighted by Gasteiger charge is 2.40. The molecule has 178 valence electrons. The number of benzene rings is 2. The van der Waals surface area contributed by atoms with Crippen LogP contribution in [-0.2, 0) is 14.4 Å². The molecule has 1 saturated heterocycles. The van der Waals surface area contributed by atoms with Gasteiger partial charge in [-0.3, -0.25) is 24.1 Å². The Morgan fingerprint density at radius 2 is 1.65 bits per heavy atom. The predicted octanol–water partition coefficient (Wildman–Crippen LogP) is 2.69. The zero-order valence-electron chi connectivity index (χ0n) is 19.6. The van der Waals surface area contributed by atoms with Crippen molar-refractivity contribution in [1.29, 1.82) is 0 Å². The van der Waals surface area contributed by atoms with Gasteiger partial charge < -0.3 is 20.4 Å². The van der Waals surface area contributed by atoms with Crippen LogP contribution in [0.4, 0.5) is 22.7 Å². The van der Waals surface area contributed by atoms with Crippen LogP contribution in [0.5, 0.6) is 0 Å². The first-order valence-corrected chi connectivity index (χ1v) is 11.4. The summed E-state index contributed by atoms with van der Waals surface area (Å²) in [6.07, 6.45) is 2.69. The highest BCUT2D eigenvalue weighted by Crippen LogP contribution is 2.40. The van der Waals surface area contributed by atoms with Gasteiger partial charge in [0.25, 0.3) is 5.91 Å². The Morgan fingerprint density at radius 3 is 2.29 bits per heavy atom. The van der Waals surface area contributed by atoms with Crippen LogP contribution in [0, 0.1) is 0 Å². The van der Waals surface area contributed by atoms with E-state index in [1.165, 1.54) is 16.7 Å². The third kappa shape index (κ3) is 4.73. The van der Waals surface area contributed by atoms with Gasteiger partial charge in [0.2, 0.25) is 17.7 Å². The molecule has 1 unspecified atom stereocenters. The summed E-state index contributed by atoms with van der Waals surface area (Å²) in [5.74, 6) is -0.819. The topological polar surface area (TPSA) is 102 Å². The summed E-state index contributed by atoms with van der Waals surface area (Å²) in [4.78, 5) is 55.2. The molecule has 0 aromatic heterocycles. The van der Waals surface area contributed by atoms with E-state index in [1.807, 2.05) is 6.07 Å². The van der Waals surface area contributed by atoms with Crippen LogP contribution in [0.3, 0.4) is 0 Å². The number of rotatable bonds is 5. The Labute approximate surface area is 198 Å². The molecule has 2 aromatic rings. The molecule has 9 nitrogen and oxygen atoms in total. The van der Waals surface area contributed by atoms with Gasteiger partial charge >= 0.3 is 0 Å². The molecule has 2 aliphatic heterocycles. The standard InChI is InChI=1S/C25H29N5O4/c1-16(31)26-18-8-10-19(11-9-18)27-23(32)15-30-22-14-17(24(33)28(2)3)7-12-20(22)29-13-5-4-6-21(29)25(30)34/h7-12,14,21H,4-6,13,15H2,1-3H3,(H,26,31)(H,27,32). The van der Waals surface area contributed by atoms with Crippen molar-refractivity contribution in [3.05, 3.63) is 48.0 Å². The maximum absolute atomic E-state index is 13.4. The minimum Gasteiger partial charge on any atom is -0.358 e. The predicted molar refractivity (Wildman–Crippen MR) is 131 cm³/mol. The fraction of sp³-hybridized carbons (Fsp3) is 0.360. The molecule has 9 heteroatoms. The van der Waals surface area contributed by atoms with E-state index in [1.54, 1.807) is 50.5 Å². The van der Waals surface area contributed by atoms with Crippen molar-refractivity contribution < 1.29 is 19.2 Å². The highest BCUT2D eigenvalue weighted by molar-refractivity contribution is 6.11. The Balaban J connectivity index is 1.59. The van der Waals surface area contributed by atoms with Crippen molar-refractivity contribution in [2.75, 3.05) is 47.6 Å². The fourth-order valence-electron chi connectivity index (χ4n) is 4.50. The molecule has 0 saturated carbocycles. The average Bonchev–Trinajstić information content (AvgIpc) is 2.81. The number of nitrogens with one attached hydrogen (secondary N) is 2. The van der Waals surface area contributed by atoms with Gasteiger partial charge in [-0.1, -0.05) is 0 Å². The summed E-state index contributed by atoms with van der Waals surface area (Å²) >= 11 is 0. The first-order valence-electron chi connectivity index (χ1n) is 11.4. The summed E-state index contributed by atoms with van der Waals surface area (Å²) in [6.45, 7) is 2.03. The van der Waals surface area contributed by atoms with Gasteiger partial charge in [0.05, 0.1) is 11.4 Å². The minimum atomic E-state index is -0.347. The number of hydrogen-bond acceptors (Lipinski definition) is 5. The van der Waals surface area contributed by atoms with E-state index in [0.29, 0.717) is 22.6 Å². The fourth-order valence-corrected chi connectivity index (χ4v) is 4.50. The lowest BCUT2D eigenvalue weighted by atomic mass is 9.95. The summed E-state index contributed by atoms with van der Waals surface area (Å²) in [7, 11) is 3.35. The number of piperidine rings is 1. The molecule has 0 bridgehead atoms. The monoisotopic (exact) mass is 463 g/mol. The lowest BCUT2D eigenvalue weighted by Gasteiger charge is -2.45. The smallest absolute Gasteiger partial charge is 0.253 e. The van der Waals surface area contributed by atoms with E-state index in [-0.39, 0.29) is 36.2 Å². The van der Waals surface area contributed by atoms with Crippen molar-refractivity contribution in [3.63, 3.8) is 0 Å². The summed E-state index contributed by atoms with van der Waals surface area (Å²) in [6, 6.07) is 11.8. The molecule has 1 fully saturated rings. The highest BCUT2D eigenvalue weighted by atomic mass is 16.2. The molecule has 4 amide bonds. The van der Waals surface area contributed by atoms with Crippen molar-refractivity contribution in [2.24, 2.45) is 0 Å². The van der Waals surface area contributed by atoms with E-state index in [4.69, 9.17) is 0 Å². The number of anilines is 4. The molecule has 2 N–H and O–H groups in total. The minimum absolute atomic E-state index is 0.127. The number of carbonyl (C=O) groups is 4. The van der Waals surface area contributed by atoms with Crippen LogP contribution < -0.4 is 20.4 Å². The van der Waals surface area contributed by atoms with E-state index >= 15 is 0 Å². The van der Waals surface area contributed by atoms with Crippen LogP contribution in [0.25, 0.3) is 0 Å². The maximum atomic E-state index is 13.4. The Morgan fingerprint density at radius 1 is 0.971 bits per heavy atom. The number of amides is 4. The Kier molecular flexibility index (Phi) is 6.54. The second-order valence-corrected chi connectivity index (χ2v) is 8.84. The third-order valence-electron chi connectivity index (χ3n) is 6.07. The van der Waals surface area contributed by atoms with Gasteiger partial charge in [-0.05, 0) is 61.7 Å². The zero-order valence-corrected chi connectivity index (χ0v) is 19.6. The van der Waals surface area contributed by atoms with Gasteiger partial charge in [-0.15, -0.1) is 0 Å². The molecule has 1 atom stereocenters. The average molecular weight is 464 g/mol. The van der Waals surface area contributed by atoms with Gasteiger partial charge in [-0.2, -0.15) is 0 Å². The lowest BCUT2D eigenvalue weighted by molar-refractivity contribution is -0.123. The lowest BCUT2D eigenvalue weighted by Crippen LogP contribution is -2.56. The summed E-state index contributed by atoms with van der Waals surface area (Å²) in [5, 5.41) is 5.49. The normalized spacial score (nSPS) is 16.9. The Bertz CT molecular complexity index is 1130. The zero-order chi connectivity index (χ0) is 24.4. The van der Waals surface area contributed by atoms with Gasteiger partial charge in [0.1, 0.15) is 12.6 Å². The number of nitrogens with zero attached hydrogens (tertiary/aromatic N) is 3. The van der Waals surface area contributed by atoms with Crippen molar-refractivity contribution in [3.8, 4) is 0 Å². The van der Waals surface area contributed by atoms with Gasteiger partial charge in [0, 0.05) is 44.5 Å². The molecular formula is C25H29N5O4. The molecule has 0 aliphatic carbocycles. The molecule has 2 aromatic carbocycles. The largest absolute Gasteiger partial charge is 0.358 e. The van der Waals surface area contributed by atoms with Crippen molar-refractivity contribution in [2.45, 2.75) is 32.2 Å². The van der Waals surface area contributed by atoms with Crippen LogP contribution in [0.15, 0.2) is 42.5 Å². The van der Waals surface area contributed by atoms with Crippen molar-refractivity contribution in [1.82, 2.24) is 4.90 Å². The molecule has 4 rings (SSSR count). The van der Waals surface area contributed by atoms with Crippen LogP contribution in [-0.4, -0.2) is 61.8 Å². The number of hydrogen-bond donors (Lipinski definition) is 2. The summed E-state index contributed by atoms with van der Waals surface area (Å²) in [5.41, 5.74) is 3.09. The van der Waals surface area contributed by atoms with E-state index < -0.39 is 0 Å².